The molecule has 0 unspecified atom stereocenters. The lowest BCUT2D eigenvalue weighted by Gasteiger charge is -2.32. The van der Waals surface area contributed by atoms with Gasteiger partial charge in [-0.2, -0.15) is 0 Å². The number of fused-ring (bicyclic) bond motifs is 1. The quantitative estimate of drug-likeness (QED) is 0.888. The van der Waals surface area contributed by atoms with Gasteiger partial charge >= 0.3 is 0 Å². The number of para-hydroxylation sites is 1. The Hall–Kier alpha value is -1.95. The molecule has 5 nitrogen and oxygen atoms in total. The molecule has 1 saturated carbocycles. The maximum atomic E-state index is 13.8. The Morgan fingerprint density at radius 3 is 2.71 bits per heavy atom. The van der Waals surface area contributed by atoms with Crippen molar-refractivity contribution in [1.29, 1.82) is 0 Å². The number of nitrogens with zero attached hydrogens (tertiary/aromatic N) is 2. The van der Waals surface area contributed by atoms with Gasteiger partial charge in [0.05, 0.1) is 11.6 Å². The van der Waals surface area contributed by atoms with Gasteiger partial charge < -0.3 is 15.0 Å². The summed E-state index contributed by atoms with van der Waals surface area (Å²) in [6, 6.07) is 4.93. The van der Waals surface area contributed by atoms with E-state index in [1.54, 1.807) is 6.07 Å². The highest BCUT2D eigenvalue weighted by Crippen LogP contribution is 2.32. The fourth-order valence-corrected chi connectivity index (χ4v) is 4.02. The summed E-state index contributed by atoms with van der Waals surface area (Å²) < 4.78 is 13.8. The lowest BCUT2D eigenvalue weighted by atomic mass is 9.94. The van der Waals surface area contributed by atoms with E-state index >= 15 is 0 Å². The molecule has 1 amide bonds. The van der Waals surface area contributed by atoms with E-state index in [1.807, 2.05) is 11.0 Å². The van der Waals surface area contributed by atoms with Crippen molar-refractivity contribution in [2.24, 2.45) is 5.92 Å². The summed E-state index contributed by atoms with van der Waals surface area (Å²) >= 11 is 0. The number of amides is 1. The number of benzene rings is 1. The minimum atomic E-state index is -0.318. The molecule has 4 rings (SSSR count). The molecule has 1 saturated heterocycles. The second-order valence-corrected chi connectivity index (χ2v) is 7.02. The summed E-state index contributed by atoms with van der Waals surface area (Å²) in [5, 5.41) is 9.62. The first-order valence-corrected chi connectivity index (χ1v) is 8.73. The summed E-state index contributed by atoms with van der Waals surface area (Å²) in [6.45, 7) is 1.41. The van der Waals surface area contributed by atoms with Crippen molar-refractivity contribution < 1.29 is 14.3 Å². The second-order valence-electron chi connectivity index (χ2n) is 7.02. The van der Waals surface area contributed by atoms with Gasteiger partial charge in [0.2, 0.25) is 5.91 Å². The van der Waals surface area contributed by atoms with E-state index in [0.717, 1.165) is 37.0 Å². The molecule has 1 aromatic carbocycles. The van der Waals surface area contributed by atoms with Crippen LogP contribution in [0.3, 0.4) is 0 Å². The number of carbonyl (C=O) groups is 1. The SMILES string of the molecule is O=C([C@@H]1CC[C@@H](O)C1)N1CCC(c2nc3c(F)cccc3[nH]2)CC1. The number of imidazole rings is 1. The summed E-state index contributed by atoms with van der Waals surface area (Å²) in [5.74, 6) is 0.911. The lowest BCUT2D eigenvalue weighted by molar-refractivity contribution is -0.136. The first-order chi connectivity index (χ1) is 11.6. The van der Waals surface area contributed by atoms with Gasteiger partial charge in [0.15, 0.2) is 5.82 Å². The molecule has 0 radical (unpaired) electrons. The number of H-pyrrole nitrogens is 1. The molecular weight excluding hydrogens is 309 g/mol. The van der Waals surface area contributed by atoms with E-state index in [-0.39, 0.29) is 29.7 Å². The average Bonchev–Trinajstić information content (AvgIpc) is 3.21. The average molecular weight is 331 g/mol. The van der Waals surface area contributed by atoms with E-state index in [0.29, 0.717) is 25.0 Å². The number of rotatable bonds is 2. The molecule has 128 valence electrons. The Bertz CT molecular complexity index is 752. The van der Waals surface area contributed by atoms with Gasteiger partial charge in [0.25, 0.3) is 0 Å². The van der Waals surface area contributed by atoms with Gasteiger partial charge in [-0.3, -0.25) is 4.79 Å². The number of carbonyl (C=O) groups excluding carboxylic acids is 1. The number of hydrogen-bond donors (Lipinski definition) is 2. The van der Waals surface area contributed by atoms with Crippen molar-refractivity contribution in [1.82, 2.24) is 14.9 Å². The predicted molar refractivity (Wildman–Crippen MR) is 88.0 cm³/mol. The first-order valence-electron chi connectivity index (χ1n) is 8.73. The molecular formula is C18H22FN3O2. The highest BCUT2D eigenvalue weighted by molar-refractivity contribution is 5.79. The van der Waals surface area contributed by atoms with Crippen LogP contribution in [0.2, 0.25) is 0 Å². The van der Waals surface area contributed by atoms with E-state index in [4.69, 9.17) is 0 Å². The molecule has 1 aromatic heterocycles. The number of likely N-dealkylation sites (tertiary alicyclic amines) is 1. The monoisotopic (exact) mass is 331 g/mol. The standard InChI is InChI=1S/C18H22FN3O2/c19-14-2-1-3-15-16(14)21-17(20-15)11-6-8-22(9-7-11)18(24)12-4-5-13(23)10-12/h1-3,11-13,23H,4-10H2,(H,20,21)/t12-,13-/m1/s1. The maximum absolute atomic E-state index is 13.8. The zero-order chi connectivity index (χ0) is 16.7. The lowest BCUT2D eigenvalue weighted by Crippen LogP contribution is -2.41. The number of aliphatic hydroxyl groups is 1. The topological polar surface area (TPSA) is 69.2 Å². The molecule has 2 atom stereocenters. The summed E-state index contributed by atoms with van der Waals surface area (Å²) in [7, 11) is 0. The van der Waals surface area contributed by atoms with Crippen LogP contribution in [-0.2, 0) is 4.79 Å². The van der Waals surface area contributed by atoms with Crippen LogP contribution in [0.4, 0.5) is 4.39 Å². The van der Waals surface area contributed by atoms with E-state index in [9.17, 15) is 14.3 Å². The van der Waals surface area contributed by atoms with Crippen molar-refractivity contribution in [3.8, 4) is 0 Å². The number of aromatic amines is 1. The fourth-order valence-electron chi connectivity index (χ4n) is 4.02. The van der Waals surface area contributed by atoms with Gasteiger partial charge in [-0.1, -0.05) is 6.07 Å². The maximum Gasteiger partial charge on any atom is 0.225 e. The molecule has 1 aliphatic carbocycles. The van der Waals surface area contributed by atoms with Gasteiger partial charge in [0.1, 0.15) is 11.3 Å². The Kier molecular flexibility index (Phi) is 4.00. The number of piperidine rings is 1. The predicted octanol–water partition coefficient (Wildman–Crippen LogP) is 2.57. The Morgan fingerprint density at radius 1 is 1.25 bits per heavy atom. The largest absolute Gasteiger partial charge is 0.393 e. The number of halogens is 1. The minimum Gasteiger partial charge on any atom is -0.393 e. The van der Waals surface area contributed by atoms with Crippen LogP contribution in [0.15, 0.2) is 18.2 Å². The van der Waals surface area contributed by atoms with E-state index in [2.05, 4.69) is 9.97 Å². The molecule has 2 aliphatic rings. The number of hydrogen-bond acceptors (Lipinski definition) is 3. The molecule has 2 fully saturated rings. The van der Waals surface area contributed by atoms with Crippen molar-refractivity contribution in [2.45, 2.75) is 44.1 Å². The van der Waals surface area contributed by atoms with Crippen LogP contribution in [0.25, 0.3) is 11.0 Å². The first kappa shape index (κ1) is 15.6. The number of nitrogens with one attached hydrogen (secondary N) is 1. The van der Waals surface area contributed by atoms with Crippen molar-refractivity contribution in [3.63, 3.8) is 0 Å². The van der Waals surface area contributed by atoms with Crippen LogP contribution in [0.1, 0.15) is 43.8 Å². The zero-order valence-corrected chi connectivity index (χ0v) is 13.5. The molecule has 2 aromatic rings. The Balaban J connectivity index is 1.42. The molecule has 0 spiro atoms. The highest BCUT2D eigenvalue weighted by atomic mass is 19.1. The molecule has 0 bridgehead atoms. The Morgan fingerprint density at radius 2 is 2.04 bits per heavy atom. The van der Waals surface area contributed by atoms with Gasteiger partial charge in [-0.05, 0) is 44.2 Å². The van der Waals surface area contributed by atoms with Gasteiger partial charge in [0, 0.05) is 24.9 Å². The fraction of sp³-hybridized carbons (Fsp3) is 0.556. The third-order valence-corrected chi connectivity index (χ3v) is 5.43. The molecule has 6 heteroatoms. The van der Waals surface area contributed by atoms with Crippen molar-refractivity contribution >= 4 is 16.9 Å². The zero-order valence-electron chi connectivity index (χ0n) is 13.5. The molecule has 2 heterocycles. The van der Waals surface area contributed by atoms with Crippen LogP contribution >= 0.6 is 0 Å². The van der Waals surface area contributed by atoms with Crippen LogP contribution in [0.5, 0.6) is 0 Å². The third kappa shape index (κ3) is 2.79. The summed E-state index contributed by atoms with van der Waals surface area (Å²) in [5.41, 5.74) is 1.12. The summed E-state index contributed by atoms with van der Waals surface area (Å²) in [6.07, 6.45) is 3.48. The Labute approximate surface area is 139 Å². The summed E-state index contributed by atoms with van der Waals surface area (Å²) in [4.78, 5) is 22.1. The van der Waals surface area contributed by atoms with Crippen LogP contribution in [-0.4, -0.2) is 45.1 Å². The van der Waals surface area contributed by atoms with Crippen LogP contribution < -0.4 is 0 Å². The minimum absolute atomic E-state index is 0.0168. The normalized spacial score (nSPS) is 25.5. The number of aromatic nitrogens is 2. The second kappa shape index (κ2) is 6.16. The van der Waals surface area contributed by atoms with Crippen molar-refractivity contribution in [2.75, 3.05) is 13.1 Å². The third-order valence-electron chi connectivity index (χ3n) is 5.43. The molecule has 24 heavy (non-hydrogen) atoms. The van der Waals surface area contributed by atoms with Gasteiger partial charge in [-0.25, -0.2) is 9.37 Å². The van der Waals surface area contributed by atoms with Crippen LogP contribution in [0, 0.1) is 11.7 Å². The number of aliphatic hydroxyl groups excluding tert-OH is 1. The van der Waals surface area contributed by atoms with Gasteiger partial charge in [-0.15, -0.1) is 0 Å². The highest BCUT2D eigenvalue weighted by Gasteiger charge is 2.34. The van der Waals surface area contributed by atoms with E-state index in [1.165, 1.54) is 6.07 Å². The van der Waals surface area contributed by atoms with E-state index < -0.39 is 0 Å². The molecule has 1 aliphatic heterocycles. The van der Waals surface area contributed by atoms with Crippen molar-refractivity contribution in [3.05, 3.63) is 29.8 Å². The smallest absolute Gasteiger partial charge is 0.225 e. The molecule has 2 N–H and O–H groups in total.